The highest BCUT2D eigenvalue weighted by atomic mass is 35.5. The highest BCUT2D eigenvalue weighted by Gasteiger charge is 2.21. The summed E-state index contributed by atoms with van der Waals surface area (Å²) in [4.78, 5) is 14.5. The minimum Gasteiger partial charge on any atom is -0.352 e. The number of thiophene rings is 1. The molecule has 1 unspecified atom stereocenters. The summed E-state index contributed by atoms with van der Waals surface area (Å²) in [5.41, 5.74) is 2.36. The quantitative estimate of drug-likeness (QED) is 0.893. The zero-order valence-corrected chi connectivity index (χ0v) is 14.6. The summed E-state index contributed by atoms with van der Waals surface area (Å²) >= 11 is 7.57. The van der Waals surface area contributed by atoms with Crippen molar-refractivity contribution in [3.05, 3.63) is 57.2 Å². The molecule has 0 radical (unpaired) electrons. The molecule has 0 aliphatic carbocycles. The van der Waals surface area contributed by atoms with Gasteiger partial charge in [-0.25, -0.2) is 0 Å². The number of nitrogens with one attached hydrogen (secondary N) is 1. The average Bonchev–Trinajstić information content (AvgIpc) is 3.03. The van der Waals surface area contributed by atoms with Gasteiger partial charge in [-0.3, -0.25) is 9.69 Å². The van der Waals surface area contributed by atoms with E-state index in [1.54, 1.807) is 11.3 Å². The molecule has 0 bridgehead atoms. The molecule has 1 amide bonds. The predicted molar refractivity (Wildman–Crippen MR) is 95.9 cm³/mol. The smallest absolute Gasteiger partial charge is 0.224 e. The van der Waals surface area contributed by atoms with Gasteiger partial charge in [0.1, 0.15) is 0 Å². The van der Waals surface area contributed by atoms with E-state index in [9.17, 15) is 4.79 Å². The third-order valence-electron chi connectivity index (χ3n) is 4.13. The molecule has 3 rings (SSSR count). The van der Waals surface area contributed by atoms with Crippen molar-refractivity contribution >= 4 is 28.8 Å². The number of carbonyl (C=O) groups excluding carboxylic acids is 1. The van der Waals surface area contributed by atoms with Gasteiger partial charge in [-0.2, -0.15) is 11.3 Å². The molecule has 2 aromatic rings. The first-order valence-electron chi connectivity index (χ1n) is 7.96. The van der Waals surface area contributed by atoms with Crippen LogP contribution in [0.3, 0.4) is 0 Å². The Bertz CT molecular complexity index is 627. The normalized spacial score (nSPS) is 18.7. The van der Waals surface area contributed by atoms with Gasteiger partial charge in [0.15, 0.2) is 0 Å². The zero-order valence-electron chi connectivity index (χ0n) is 13.0. The largest absolute Gasteiger partial charge is 0.352 e. The Hall–Kier alpha value is -1.36. The summed E-state index contributed by atoms with van der Waals surface area (Å²) in [5, 5.41) is 8.00. The first kappa shape index (κ1) is 16.5. The Kier molecular flexibility index (Phi) is 5.70. The maximum atomic E-state index is 12.1. The van der Waals surface area contributed by atoms with E-state index in [0.29, 0.717) is 6.42 Å². The SMILES string of the molecule is O=C(Cc1ccsc1)NC1CCCN(Cc2ccc(Cl)cc2)C1. The van der Waals surface area contributed by atoms with Crippen LogP contribution in [-0.4, -0.2) is 29.9 Å². The van der Waals surface area contributed by atoms with Crippen molar-refractivity contribution in [2.75, 3.05) is 13.1 Å². The molecule has 1 saturated heterocycles. The highest BCUT2D eigenvalue weighted by Crippen LogP contribution is 2.16. The zero-order chi connectivity index (χ0) is 16.1. The minimum absolute atomic E-state index is 0.127. The monoisotopic (exact) mass is 348 g/mol. The standard InChI is InChI=1S/C18H21ClN2OS/c19-16-5-3-14(4-6-16)11-21-8-1-2-17(12-21)20-18(22)10-15-7-9-23-13-15/h3-7,9,13,17H,1-2,8,10-12H2,(H,20,22). The molecule has 1 atom stereocenters. The van der Waals surface area contributed by atoms with Crippen molar-refractivity contribution in [1.29, 1.82) is 0 Å². The third-order valence-corrected chi connectivity index (χ3v) is 5.12. The van der Waals surface area contributed by atoms with Crippen molar-refractivity contribution in [2.45, 2.75) is 31.8 Å². The van der Waals surface area contributed by atoms with Crippen LogP contribution >= 0.6 is 22.9 Å². The van der Waals surface area contributed by atoms with Gasteiger partial charge in [0.05, 0.1) is 6.42 Å². The molecule has 1 aromatic carbocycles. The Morgan fingerprint density at radius 2 is 2.09 bits per heavy atom. The molecule has 1 fully saturated rings. The van der Waals surface area contributed by atoms with Crippen LogP contribution in [0.1, 0.15) is 24.0 Å². The van der Waals surface area contributed by atoms with Crippen LogP contribution < -0.4 is 5.32 Å². The fourth-order valence-corrected chi connectivity index (χ4v) is 3.82. The minimum atomic E-state index is 0.127. The van der Waals surface area contributed by atoms with Crippen molar-refractivity contribution in [3.63, 3.8) is 0 Å². The van der Waals surface area contributed by atoms with Crippen molar-refractivity contribution in [1.82, 2.24) is 10.2 Å². The number of amides is 1. The lowest BCUT2D eigenvalue weighted by molar-refractivity contribution is -0.121. The van der Waals surface area contributed by atoms with Gasteiger partial charge in [-0.15, -0.1) is 0 Å². The highest BCUT2D eigenvalue weighted by molar-refractivity contribution is 7.08. The second-order valence-corrected chi connectivity index (χ2v) is 7.29. The molecule has 1 aliphatic heterocycles. The van der Waals surface area contributed by atoms with Gasteiger partial charge < -0.3 is 5.32 Å². The summed E-state index contributed by atoms with van der Waals surface area (Å²) < 4.78 is 0. The van der Waals surface area contributed by atoms with E-state index in [4.69, 9.17) is 11.6 Å². The van der Waals surface area contributed by atoms with Crippen molar-refractivity contribution in [3.8, 4) is 0 Å². The lowest BCUT2D eigenvalue weighted by atomic mass is 10.0. The molecule has 1 aliphatic rings. The molecule has 2 heterocycles. The van der Waals surface area contributed by atoms with E-state index in [1.165, 1.54) is 5.56 Å². The molecule has 3 nitrogen and oxygen atoms in total. The van der Waals surface area contributed by atoms with Crippen LogP contribution in [0.15, 0.2) is 41.1 Å². The predicted octanol–water partition coefficient (Wildman–Crippen LogP) is 3.72. The van der Waals surface area contributed by atoms with Crippen molar-refractivity contribution in [2.24, 2.45) is 0 Å². The lowest BCUT2D eigenvalue weighted by Gasteiger charge is -2.33. The molecule has 1 N–H and O–H groups in total. The van der Waals surface area contributed by atoms with Crippen LogP contribution in [0, 0.1) is 0 Å². The Balaban J connectivity index is 1.49. The number of benzene rings is 1. The lowest BCUT2D eigenvalue weighted by Crippen LogP contribution is -2.47. The third kappa shape index (κ3) is 5.06. The summed E-state index contributed by atoms with van der Waals surface area (Å²) in [6.45, 7) is 2.91. The number of likely N-dealkylation sites (tertiary alicyclic amines) is 1. The van der Waals surface area contributed by atoms with Crippen LogP contribution in [0.4, 0.5) is 0 Å². The van der Waals surface area contributed by atoms with Gasteiger partial charge in [0.25, 0.3) is 0 Å². The van der Waals surface area contributed by atoms with Gasteiger partial charge in [-0.1, -0.05) is 23.7 Å². The maximum absolute atomic E-state index is 12.1. The first-order valence-corrected chi connectivity index (χ1v) is 9.28. The van der Waals surface area contributed by atoms with Crippen LogP contribution in [0.2, 0.25) is 5.02 Å². The summed E-state index contributed by atoms with van der Waals surface area (Å²) in [5.74, 6) is 0.127. The number of halogens is 1. The van der Waals surface area contributed by atoms with E-state index in [2.05, 4.69) is 22.3 Å². The fraction of sp³-hybridized carbons (Fsp3) is 0.389. The van der Waals surface area contributed by atoms with Gasteiger partial charge in [0, 0.05) is 24.2 Å². The van der Waals surface area contributed by atoms with E-state index >= 15 is 0 Å². The molecule has 0 saturated carbocycles. The topological polar surface area (TPSA) is 32.3 Å². The summed E-state index contributed by atoms with van der Waals surface area (Å²) in [6.07, 6.45) is 2.67. The Labute approximate surface area is 146 Å². The van der Waals surface area contributed by atoms with Crippen LogP contribution in [-0.2, 0) is 17.8 Å². The number of piperidine rings is 1. The van der Waals surface area contributed by atoms with Gasteiger partial charge >= 0.3 is 0 Å². The van der Waals surface area contributed by atoms with Gasteiger partial charge in [0.2, 0.25) is 5.91 Å². The molecular formula is C18H21ClN2OS. The van der Waals surface area contributed by atoms with E-state index < -0.39 is 0 Å². The van der Waals surface area contributed by atoms with E-state index in [0.717, 1.165) is 43.1 Å². The number of hydrogen-bond acceptors (Lipinski definition) is 3. The van der Waals surface area contributed by atoms with Crippen LogP contribution in [0.25, 0.3) is 0 Å². The molecule has 1 aromatic heterocycles. The maximum Gasteiger partial charge on any atom is 0.224 e. The molecule has 122 valence electrons. The van der Waals surface area contributed by atoms with Crippen molar-refractivity contribution < 1.29 is 4.79 Å². The molecule has 23 heavy (non-hydrogen) atoms. The Morgan fingerprint density at radius 3 is 2.83 bits per heavy atom. The Morgan fingerprint density at radius 1 is 1.26 bits per heavy atom. The van der Waals surface area contributed by atoms with E-state index in [1.807, 2.05) is 29.0 Å². The first-order chi connectivity index (χ1) is 11.2. The number of nitrogens with zero attached hydrogens (tertiary/aromatic N) is 1. The fourth-order valence-electron chi connectivity index (χ4n) is 3.02. The van der Waals surface area contributed by atoms with Crippen LogP contribution in [0.5, 0.6) is 0 Å². The summed E-state index contributed by atoms with van der Waals surface area (Å²) in [7, 11) is 0. The van der Waals surface area contributed by atoms with E-state index in [-0.39, 0.29) is 11.9 Å². The second-order valence-electron chi connectivity index (χ2n) is 6.08. The van der Waals surface area contributed by atoms with Gasteiger partial charge in [-0.05, 0) is 59.5 Å². The molecule has 5 heteroatoms. The average molecular weight is 349 g/mol. The number of carbonyl (C=O) groups is 1. The molecule has 0 spiro atoms. The molecular weight excluding hydrogens is 328 g/mol. The summed E-state index contributed by atoms with van der Waals surface area (Å²) in [6, 6.07) is 10.3. The number of rotatable bonds is 5. The second kappa shape index (κ2) is 7.95. The number of hydrogen-bond donors (Lipinski definition) is 1.